The van der Waals surface area contributed by atoms with Gasteiger partial charge in [-0.3, -0.25) is 4.90 Å². The molecule has 6 rings (SSSR count). The second-order valence-corrected chi connectivity index (χ2v) is 7.83. The topological polar surface area (TPSA) is 82.6 Å². The van der Waals surface area contributed by atoms with Crippen LogP contribution in [0.2, 0.25) is 0 Å². The standard InChI is InChI=1S/C22H24N6O3/c1-15-13-24-22(25-17-4-2-3-5-19(17)27-8-10-29-11-9-27)28(21(15)26-31-22)16-6-7-20-18(12-16)23-14-30-20/h2-7,12-13,23,25-26H,8-11,14H2,1H3. The van der Waals surface area contributed by atoms with Gasteiger partial charge >= 0.3 is 5.97 Å². The van der Waals surface area contributed by atoms with Crippen LogP contribution in [0.25, 0.3) is 0 Å². The van der Waals surface area contributed by atoms with E-state index in [2.05, 4.69) is 39.2 Å². The SMILES string of the molecule is CC1=C2NOC(Nc3ccccc3N3CCOCC3)(N=C1)N2c1ccc2c(c1)NCO2. The number of nitrogens with zero attached hydrogens (tertiary/aromatic N) is 3. The van der Waals surface area contributed by atoms with E-state index in [0.29, 0.717) is 6.73 Å². The summed E-state index contributed by atoms with van der Waals surface area (Å²) in [5, 5.41) is 6.82. The lowest BCUT2D eigenvalue weighted by Crippen LogP contribution is -2.51. The monoisotopic (exact) mass is 420 g/mol. The summed E-state index contributed by atoms with van der Waals surface area (Å²) in [7, 11) is 0. The number of benzene rings is 2. The van der Waals surface area contributed by atoms with Crippen LogP contribution in [0.3, 0.4) is 0 Å². The molecule has 4 heterocycles. The molecule has 2 aromatic rings. The number of anilines is 4. The lowest BCUT2D eigenvalue weighted by atomic mass is 10.2. The molecule has 160 valence electrons. The average molecular weight is 420 g/mol. The maximum atomic E-state index is 6.08. The Balaban J connectivity index is 1.39. The third-order valence-electron chi connectivity index (χ3n) is 5.89. The number of ether oxygens (including phenoxy) is 2. The number of aliphatic imine (C=N–C) groups is 1. The number of fused-ring (bicyclic) bond motifs is 3. The minimum absolute atomic E-state index is 0.476. The second kappa shape index (κ2) is 7.07. The summed E-state index contributed by atoms with van der Waals surface area (Å²) in [6, 6.07) is 14.3. The molecule has 3 N–H and O–H groups in total. The Bertz CT molecular complexity index is 1080. The fourth-order valence-corrected chi connectivity index (χ4v) is 4.31. The first-order valence-electron chi connectivity index (χ1n) is 10.4. The molecule has 2 saturated heterocycles. The van der Waals surface area contributed by atoms with Crippen molar-refractivity contribution in [2.45, 2.75) is 12.9 Å². The van der Waals surface area contributed by atoms with Crippen LogP contribution in [0, 0.1) is 0 Å². The maximum Gasteiger partial charge on any atom is 0.351 e. The fraction of sp³-hybridized carbons (Fsp3) is 0.318. The van der Waals surface area contributed by atoms with Gasteiger partial charge in [-0.15, -0.1) is 0 Å². The lowest BCUT2D eigenvalue weighted by molar-refractivity contribution is -0.0214. The van der Waals surface area contributed by atoms with E-state index in [1.54, 1.807) is 0 Å². The summed E-state index contributed by atoms with van der Waals surface area (Å²) < 4.78 is 11.1. The predicted molar refractivity (Wildman–Crippen MR) is 119 cm³/mol. The van der Waals surface area contributed by atoms with E-state index >= 15 is 0 Å². The molecule has 0 spiro atoms. The smallest absolute Gasteiger partial charge is 0.351 e. The second-order valence-electron chi connectivity index (χ2n) is 7.83. The van der Waals surface area contributed by atoms with Gasteiger partial charge in [-0.2, -0.15) is 0 Å². The van der Waals surface area contributed by atoms with Crippen molar-refractivity contribution in [3.8, 4) is 5.75 Å². The van der Waals surface area contributed by atoms with Crippen LogP contribution >= 0.6 is 0 Å². The summed E-state index contributed by atoms with van der Waals surface area (Å²) in [5.74, 6) is 0.548. The first kappa shape index (κ1) is 18.3. The van der Waals surface area contributed by atoms with Gasteiger partial charge in [0.2, 0.25) is 0 Å². The molecule has 2 fully saturated rings. The van der Waals surface area contributed by atoms with Crippen LogP contribution in [-0.4, -0.2) is 45.2 Å². The van der Waals surface area contributed by atoms with Crippen LogP contribution < -0.4 is 30.7 Å². The molecule has 0 amide bonds. The Hall–Kier alpha value is -3.43. The van der Waals surface area contributed by atoms with Crippen LogP contribution in [0.1, 0.15) is 6.92 Å². The Kier molecular flexibility index (Phi) is 4.18. The van der Waals surface area contributed by atoms with Gasteiger partial charge in [-0.1, -0.05) is 12.1 Å². The van der Waals surface area contributed by atoms with Crippen LogP contribution in [0.15, 0.2) is 58.9 Å². The molecule has 4 aliphatic rings. The first-order valence-corrected chi connectivity index (χ1v) is 10.4. The van der Waals surface area contributed by atoms with Crippen molar-refractivity contribution < 1.29 is 14.3 Å². The highest BCUT2D eigenvalue weighted by atomic mass is 16.7. The fourth-order valence-electron chi connectivity index (χ4n) is 4.31. The van der Waals surface area contributed by atoms with E-state index in [9.17, 15) is 0 Å². The molecule has 31 heavy (non-hydrogen) atoms. The molecule has 0 aliphatic carbocycles. The number of hydrogen-bond donors (Lipinski definition) is 3. The van der Waals surface area contributed by atoms with E-state index in [-0.39, 0.29) is 0 Å². The van der Waals surface area contributed by atoms with E-state index < -0.39 is 5.97 Å². The zero-order valence-corrected chi connectivity index (χ0v) is 17.2. The first-order chi connectivity index (χ1) is 15.2. The normalized spacial score (nSPS) is 23.9. The van der Waals surface area contributed by atoms with Crippen LogP contribution in [0.4, 0.5) is 22.7 Å². The summed E-state index contributed by atoms with van der Waals surface area (Å²) in [5.41, 5.74) is 7.99. The van der Waals surface area contributed by atoms with Gasteiger partial charge in [0.25, 0.3) is 0 Å². The molecule has 2 bridgehead atoms. The van der Waals surface area contributed by atoms with Gasteiger partial charge in [-0.05, 0) is 37.3 Å². The number of allylic oxidation sites excluding steroid dienone is 1. The zero-order chi connectivity index (χ0) is 20.8. The Morgan fingerprint density at radius 1 is 1.13 bits per heavy atom. The molecule has 9 nitrogen and oxygen atoms in total. The van der Waals surface area contributed by atoms with Crippen molar-refractivity contribution in [3.63, 3.8) is 0 Å². The van der Waals surface area contributed by atoms with Gasteiger partial charge in [0, 0.05) is 24.9 Å². The highest BCUT2D eigenvalue weighted by Gasteiger charge is 2.50. The Morgan fingerprint density at radius 2 is 2.00 bits per heavy atom. The van der Waals surface area contributed by atoms with E-state index in [1.165, 1.54) is 0 Å². The average Bonchev–Trinajstić information content (AvgIpc) is 3.39. The van der Waals surface area contributed by atoms with Crippen molar-refractivity contribution in [2.75, 3.05) is 53.5 Å². The number of morpholine rings is 1. The van der Waals surface area contributed by atoms with Gasteiger partial charge in [-0.25, -0.2) is 15.3 Å². The van der Waals surface area contributed by atoms with Crippen molar-refractivity contribution in [1.82, 2.24) is 5.48 Å². The van der Waals surface area contributed by atoms with Crippen molar-refractivity contribution in [2.24, 2.45) is 4.99 Å². The third kappa shape index (κ3) is 2.96. The number of nitrogens with one attached hydrogen (secondary N) is 3. The third-order valence-corrected chi connectivity index (χ3v) is 5.89. The Labute approximate surface area is 180 Å². The quantitative estimate of drug-likeness (QED) is 0.697. The summed E-state index contributed by atoms with van der Waals surface area (Å²) in [6.07, 6.45) is 1.84. The predicted octanol–water partition coefficient (Wildman–Crippen LogP) is 2.67. The van der Waals surface area contributed by atoms with E-state index in [0.717, 1.165) is 66.2 Å². The minimum Gasteiger partial charge on any atom is -0.471 e. The minimum atomic E-state index is -1.15. The zero-order valence-electron chi connectivity index (χ0n) is 17.2. The molecule has 0 radical (unpaired) electrons. The van der Waals surface area contributed by atoms with Crippen LogP contribution in [0.5, 0.6) is 5.75 Å². The van der Waals surface area contributed by atoms with Gasteiger partial charge < -0.3 is 25.0 Å². The molecule has 4 aliphatic heterocycles. The van der Waals surface area contributed by atoms with E-state index in [1.807, 2.05) is 42.3 Å². The van der Waals surface area contributed by atoms with Crippen molar-refractivity contribution in [3.05, 3.63) is 53.9 Å². The van der Waals surface area contributed by atoms with Crippen molar-refractivity contribution >= 4 is 29.0 Å². The molecule has 0 saturated carbocycles. The number of hydrogen-bond acceptors (Lipinski definition) is 9. The van der Waals surface area contributed by atoms with Gasteiger partial charge in [0.05, 0.1) is 36.0 Å². The number of hydroxylamine groups is 1. The molecule has 9 heteroatoms. The van der Waals surface area contributed by atoms with Crippen LogP contribution in [-0.2, 0) is 9.57 Å². The highest BCUT2D eigenvalue weighted by molar-refractivity contribution is 5.85. The summed E-state index contributed by atoms with van der Waals surface area (Å²) >= 11 is 0. The number of para-hydroxylation sites is 2. The van der Waals surface area contributed by atoms with Gasteiger partial charge in [0.1, 0.15) is 11.6 Å². The Morgan fingerprint density at radius 3 is 2.90 bits per heavy atom. The molecule has 1 atom stereocenters. The molecular weight excluding hydrogens is 396 g/mol. The lowest BCUT2D eigenvalue weighted by Gasteiger charge is -2.38. The molecule has 1 unspecified atom stereocenters. The highest BCUT2D eigenvalue weighted by Crippen LogP contribution is 2.43. The molecule has 2 aromatic carbocycles. The van der Waals surface area contributed by atoms with Gasteiger partial charge in [0.15, 0.2) is 6.73 Å². The maximum absolute atomic E-state index is 6.08. The number of rotatable bonds is 4. The summed E-state index contributed by atoms with van der Waals surface area (Å²) in [6.45, 7) is 5.62. The summed E-state index contributed by atoms with van der Waals surface area (Å²) in [4.78, 5) is 15.2. The molecular formula is C22H24N6O3. The molecule has 0 aromatic heterocycles. The largest absolute Gasteiger partial charge is 0.471 e. The van der Waals surface area contributed by atoms with E-state index in [4.69, 9.17) is 19.3 Å². The van der Waals surface area contributed by atoms with Crippen molar-refractivity contribution in [1.29, 1.82) is 0 Å².